The molecule has 2 fully saturated rings. The second-order valence-electron chi connectivity index (χ2n) is 10.8. The van der Waals surface area contributed by atoms with Gasteiger partial charge in [0.05, 0.1) is 17.4 Å². The quantitative estimate of drug-likeness (QED) is 0.285. The summed E-state index contributed by atoms with van der Waals surface area (Å²) in [5.74, 6) is -1.01. The van der Waals surface area contributed by atoms with Gasteiger partial charge in [-0.05, 0) is 55.4 Å². The Morgan fingerprint density at radius 1 is 1.34 bits per heavy atom. The normalized spacial score (nSPS) is 39.0. The van der Waals surface area contributed by atoms with Crippen LogP contribution >= 0.6 is 0 Å². The monoisotopic (exact) mass is 490 g/mol. The number of hydrogen-bond acceptors (Lipinski definition) is 7. The Morgan fingerprint density at radius 3 is 2.60 bits per heavy atom. The largest absolute Gasteiger partial charge is 0.458 e. The Balaban J connectivity index is 2.15. The molecule has 9 atom stereocenters. The topological polar surface area (TPSA) is 91.3 Å². The summed E-state index contributed by atoms with van der Waals surface area (Å²) in [7, 11) is 1.52. The fourth-order valence-electron chi connectivity index (χ4n) is 6.39. The molecule has 0 radical (unpaired) electrons. The second kappa shape index (κ2) is 10.6. The van der Waals surface area contributed by atoms with Crippen molar-refractivity contribution in [2.45, 2.75) is 91.5 Å². The molecule has 3 rings (SSSR count). The molecule has 7 heteroatoms. The van der Waals surface area contributed by atoms with Crippen molar-refractivity contribution < 1.29 is 33.6 Å². The SMILES string of the molecule is C=CC(=C)CC[C@]1(C)[C@H](C)C[C@H](O)[C@@]23C(=C[C@H](OC(=O)C(C)CC)C[C@@H]12)[C@@H](OC)O[C@H]3OC(C)=O. The molecule has 0 amide bonds. The Hall–Kier alpha value is -1.96. The maximum atomic E-state index is 12.7. The molecule has 0 aromatic rings. The summed E-state index contributed by atoms with van der Waals surface area (Å²) >= 11 is 0. The van der Waals surface area contributed by atoms with Crippen LogP contribution < -0.4 is 0 Å². The van der Waals surface area contributed by atoms with Crippen LogP contribution in [0.2, 0.25) is 0 Å². The van der Waals surface area contributed by atoms with Crippen molar-refractivity contribution >= 4 is 11.9 Å². The molecule has 0 aromatic heterocycles. The smallest absolute Gasteiger partial charge is 0.309 e. The van der Waals surface area contributed by atoms with Crippen LogP contribution in [0.1, 0.15) is 66.7 Å². The zero-order valence-corrected chi connectivity index (χ0v) is 22.0. The maximum Gasteiger partial charge on any atom is 0.309 e. The van der Waals surface area contributed by atoms with E-state index >= 15 is 0 Å². The lowest BCUT2D eigenvalue weighted by Gasteiger charge is -2.60. The van der Waals surface area contributed by atoms with E-state index in [0.29, 0.717) is 24.8 Å². The van der Waals surface area contributed by atoms with E-state index in [1.54, 1.807) is 6.08 Å². The fourth-order valence-corrected chi connectivity index (χ4v) is 6.39. The van der Waals surface area contributed by atoms with Crippen LogP contribution in [0.5, 0.6) is 0 Å². The number of hydrogen-bond donors (Lipinski definition) is 1. The molecule has 1 unspecified atom stereocenters. The van der Waals surface area contributed by atoms with Gasteiger partial charge in [-0.3, -0.25) is 9.59 Å². The molecule has 1 saturated carbocycles. The fraction of sp³-hybridized carbons (Fsp3) is 0.714. The van der Waals surface area contributed by atoms with Crippen molar-refractivity contribution in [3.05, 3.63) is 36.5 Å². The van der Waals surface area contributed by atoms with Crippen molar-refractivity contribution in [3.63, 3.8) is 0 Å². The molecule has 35 heavy (non-hydrogen) atoms. The van der Waals surface area contributed by atoms with E-state index in [-0.39, 0.29) is 29.1 Å². The minimum atomic E-state index is -1.00. The van der Waals surface area contributed by atoms with E-state index in [1.807, 2.05) is 19.9 Å². The highest BCUT2D eigenvalue weighted by Gasteiger charge is 2.70. The first kappa shape index (κ1) is 27.6. The van der Waals surface area contributed by atoms with Crippen LogP contribution in [0.15, 0.2) is 36.5 Å². The predicted octanol–water partition coefficient (Wildman–Crippen LogP) is 4.70. The van der Waals surface area contributed by atoms with Gasteiger partial charge in [-0.1, -0.05) is 52.5 Å². The summed E-state index contributed by atoms with van der Waals surface area (Å²) in [5, 5.41) is 11.7. The Labute approximate surface area is 209 Å². The average Bonchev–Trinajstić information content (AvgIpc) is 3.13. The molecule has 3 aliphatic rings. The Kier molecular flexibility index (Phi) is 8.34. The van der Waals surface area contributed by atoms with Crippen molar-refractivity contribution in [3.8, 4) is 0 Å². The molecule has 1 N–H and O–H groups in total. The third-order valence-electron chi connectivity index (χ3n) is 8.89. The first-order valence-electron chi connectivity index (χ1n) is 12.7. The van der Waals surface area contributed by atoms with E-state index < -0.39 is 36.2 Å². The summed E-state index contributed by atoms with van der Waals surface area (Å²) < 4.78 is 23.5. The summed E-state index contributed by atoms with van der Waals surface area (Å²) in [6.45, 7) is 17.5. The molecule has 2 aliphatic carbocycles. The maximum absolute atomic E-state index is 12.7. The van der Waals surface area contributed by atoms with E-state index in [1.165, 1.54) is 14.0 Å². The van der Waals surface area contributed by atoms with E-state index in [2.05, 4.69) is 27.0 Å². The van der Waals surface area contributed by atoms with Gasteiger partial charge >= 0.3 is 11.9 Å². The lowest BCUT2D eigenvalue weighted by atomic mass is 9.45. The van der Waals surface area contributed by atoms with Gasteiger partial charge in [0.2, 0.25) is 6.29 Å². The van der Waals surface area contributed by atoms with Crippen LogP contribution in [-0.4, -0.2) is 48.9 Å². The molecule has 1 spiro atoms. The van der Waals surface area contributed by atoms with Crippen molar-refractivity contribution in [1.82, 2.24) is 0 Å². The molecular weight excluding hydrogens is 448 g/mol. The van der Waals surface area contributed by atoms with E-state index in [9.17, 15) is 14.7 Å². The van der Waals surface area contributed by atoms with Gasteiger partial charge < -0.3 is 24.1 Å². The lowest BCUT2D eigenvalue weighted by molar-refractivity contribution is -0.254. The van der Waals surface area contributed by atoms with Crippen LogP contribution in [-0.2, 0) is 28.5 Å². The first-order chi connectivity index (χ1) is 16.4. The molecule has 196 valence electrons. The number of rotatable bonds is 9. The van der Waals surface area contributed by atoms with E-state index in [0.717, 1.165) is 18.4 Å². The number of allylic oxidation sites excluding steroid dienone is 2. The number of esters is 2. The molecule has 1 aliphatic heterocycles. The first-order valence-corrected chi connectivity index (χ1v) is 12.7. The highest BCUT2D eigenvalue weighted by Crippen LogP contribution is 2.67. The van der Waals surface area contributed by atoms with Crippen LogP contribution in [0.25, 0.3) is 0 Å². The van der Waals surface area contributed by atoms with Gasteiger partial charge in [0.1, 0.15) is 6.10 Å². The molecule has 0 aromatic carbocycles. The molecule has 1 saturated heterocycles. The summed E-state index contributed by atoms with van der Waals surface area (Å²) in [6, 6.07) is 0. The second-order valence-corrected chi connectivity index (χ2v) is 10.8. The number of carbonyl (C=O) groups is 2. The van der Waals surface area contributed by atoms with Gasteiger partial charge in [-0.15, -0.1) is 0 Å². The third kappa shape index (κ3) is 4.75. The minimum absolute atomic E-state index is 0.149. The highest BCUT2D eigenvalue weighted by molar-refractivity contribution is 5.72. The number of aliphatic hydroxyl groups excluding tert-OH is 1. The van der Waals surface area contributed by atoms with Crippen molar-refractivity contribution in [1.29, 1.82) is 0 Å². The zero-order chi connectivity index (χ0) is 26.1. The average molecular weight is 491 g/mol. The summed E-state index contributed by atoms with van der Waals surface area (Å²) in [5.41, 5.74) is 0.343. The van der Waals surface area contributed by atoms with Crippen LogP contribution in [0.3, 0.4) is 0 Å². The van der Waals surface area contributed by atoms with Gasteiger partial charge in [0, 0.05) is 19.6 Å². The number of methoxy groups -OCH3 is 1. The molecule has 7 nitrogen and oxygen atoms in total. The van der Waals surface area contributed by atoms with E-state index in [4.69, 9.17) is 18.9 Å². The Morgan fingerprint density at radius 2 is 2.03 bits per heavy atom. The van der Waals surface area contributed by atoms with Gasteiger partial charge in [0.15, 0.2) is 6.29 Å². The molecule has 1 heterocycles. The van der Waals surface area contributed by atoms with Gasteiger partial charge in [-0.25, -0.2) is 0 Å². The van der Waals surface area contributed by atoms with Crippen LogP contribution in [0, 0.1) is 28.6 Å². The number of ether oxygens (including phenoxy) is 4. The van der Waals surface area contributed by atoms with Crippen LogP contribution in [0.4, 0.5) is 0 Å². The predicted molar refractivity (Wildman–Crippen MR) is 132 cm³/mol. The van der Waals surface area contributed by atoms with Crippen molar-refractivity contribution in [2.75, 3.05) is 7.11 Å². The van der Waals surface area contributed by atoms with Gasteiger partial charge in [-0.2, -0.15) is 0 Å². The molecular formula is C28H42O7. The summed E-state index contributed by atoms with van der Waals surface area (Å²) in [4.78, 5) is 24.9. The van der Waals surface area contributed by atoms with Crippen molar-refractivity contribution in [2.24, 2.45) is 28.6 Å². The highest BCUT2D eigenvalue weighted by atomic mass is 16.8. The zero-order valence-electron chi connectivity index (χ0n) is 22.0. The Bertz CT molecular complexity index is 879. The van der Waals surface area contributed by atoms with Gasteiger partial charge in [0.25, 0.3) is 0 Å². The summed E-state index contributed by atoms with van der Waals surface area (Å²) in [6.07, 6.45) is 3.72. The number of aliphatic hydroxyl groups is 1. The lowest BCUT2D eigenvalue weighted by Crippen LogP contribution is -2.63. The molecule has 0 bridgehead atoms. The minimum Gasteiger partial charge on any atom is -0.458 e. The third-order valence-corrected chi connectivity index (χ3v) is 8.89. The standard InChI is InChI=1S/C28H42O7/c1-9-16(3)11-12-27(7)18(5)13-23(30)28-21(25(32-8)35-26(28)33-19(6)29)14-20(15-22(27)28)34-24(31)17(4)10-2/h9,14,17-18,20,22-23,25-26,30H,1,3,10-13,15H2,2,4-8H3/t17?,18-,20+,22+,23+,25+,26-,27-,28-/m1/s1. The number of carbonyl (C=O) groups excluding carboxylic acids is 2.